The van der Waals surface area contributed by atoms with Crippen LogP contribution in [-0.2, 0) is 0 Å². The van der Waals surface area contributed by atoms with Crippen LogP contribution in [0.3, 0.4) is 0 Å². The number of aliphatic hydroxyl groups excluding tert-OH is 1. The summed E-state index contributed by atoms with van der Waals surface area (Å²) in [6.45, 7) is 0.107. The molecule has 0 fully saturated rings. The molecule has 1 heterocycles. The van der Waals surface area contributed by atoms with Crippen LogP contribution < -0.4 is 5.73 Å². The number of rotatable bonds is 3. The van der Waals surface area contributed by atoms with Crippen molar-refractivity contribution in [3.8, 4) is 0 Å². The minimum absolute atomic E-state index is 0.107. The second kappa shape index (κ2) is 4.54. The van der Waals surface area contributed by atoms with Crippen LogP contribution >= 0.6 is 15.9 Å². The fraction of sp³-hybridized carbons (Fsp3) is 0.375. The minimum atomic E-state index is -0.118. The number of nitrogens with two attached hydrogens (primary N) is 1. The Morgan fingerprint density at radius 1 is 1.67 bits per heavy atom. The number of pyridine rings is 1. The molecule has 0 saturated heterocycles. The maximum absolute atomic E-state index is 8.68. The number of aliphatic hydroxyl groups is 1. The molecule has 1 rings (SSSR count). The Kier molecular flexibility index (Phi) is 3.65. The summed E-state index contributed by atoms with van der Waals surface area (Å²) >= 11 is 3.34. The van der Waals surface area contributed by atoms with Crippen LogP contribution in [0.4, 0.5) is 0 Å². The SMILES string of the molecule is NC(CCO)c1ccncc1Br. The van der Waals surface area contributed by atoms with Gasteiger partial charge in [0.25, 0.3) is 0 Å². The first-order chi connectivity index (χ1) is 5.75. The lowest BCUT2D eigenvalue weighted by Crippen LogP contribution is -2.12. The molecule has 0 saturated carbocycles. The summed E-state index contributed by atoms with van der Waals surface area (Å²) in [7, 11) is 0. The average molecular weight is 231 g/mol. The van der Waals surface area contributed by atoms with E-state index in [9.17, 15) is 0 Å². The van der Waals surface area contributed by atoms with Crippen molar-refractivity contribution in [2.45, 2.75) is 12.5 Å². The quantitative estimate of drug-likeness (QED) is 0.822. The molecule has 0 aliphatic heterocycles. The van der Waals surface area contributed by atoms with E-state index < -0.39 is 0 Å². The lowest BCUT2D eigenvalue weighted by molar-refractivity contribution is 0.276. The number of aromatic nitrogens is 1. The van der Waals surface area contributed by atoms with E-state index in [2.05, 4.69) is 20.9 Å². The van der Waals surface area contributed by atoms with Gasteiger partial charge in [0.2, 0.25) is 0 Å². The highest BCUT2D eigenvalue weighted by molar-refractivity contribution is 9.10. The van der Waals surface area contributed by atoms with Crippen molar-refractivity contribution in [2.24, 2.45) is 5.73 Å². The van der Waals surface area contributed by atoms with Crippen molar-refractivity contribution >= 4 is 15.9 Å². The molecule has 0 amide bonds. The summed E-state index contributed by atoms with van der Waals surface area (Å²) in [6.07, 6.45) is 3.96. The lowest BCUT2D eigenvalue weighted by Gasteiger charge is -2.11. The van der Waals surface area contributed by atoms with Crippen LogP contribution in [0.1, 0.15) is 18.0 Å². The molecule has 0 aliphatic carbocycles. The molecule has 1 atom stereocenters. The van der Waals surface area contributed by atoms with E-state index in [4.69, 9.17) is 10.8 Å². The molecule has 66 valence electrons. The Labute approximate surface area is 79.7 Å². The minimum Gasteiger partial charge on any atom is -0.396 e. The van der Waals surface area contributed by atoms with E-state index in [-0.39, 0.29) is 12.6 Å². The van der Waals surface area contributed by atoms with Gasteiger partial charge in [0.1, 0.15) is 0 Å². The molecule has 1 unspecified atom stereocenters. The largest absolute Gasteiger partial charge is 0.396 e. The molecule has 0 spiro atoms. The monoisotopic (exact) mass is 230 g/mol. The summed E-state index contributed by atoms with van der Waals surface area (Å²) in [5.74, 6) is 0. The Balaban J connectivity index is 2.79. The second-order valence-electron chi connectivity index (χ2n) is 2.52. The maximum atomic E-state index is 8.68. The summed E-state index contributed by atoms with van der Waals surface area (Å²) < 4.78 is 0.894. The Hall–Kier alpha value is -0.450. The molecule has 3 nitrogen and oxygen atoms in total. The van der Waals surface area contributed by atoms with Gasteiger partial charge in [-0.3, -0.25) is 4.98 Å². The van der Waals surface area contributed by atoms with Gasteiger partial charge in [0.15, 0.2) is 0 Å². The highest BCUT2D eigenvalue weighted by Gasteiger charge is 2.07. The lowest BCUT2D eigenvalue weighted by atomic mass is 10.1. The van der Waals surface area contributed by atoms with Crippen molar-refractivity contribution < 1.29 is 5.11 Å². The number of nitrogens with zero attached hydrogens (tertiary/aromatic N) is 1. The highest BCUT2D eigenvalue weighted by Crippen LogP contribution is 2.21. The molecule has 0 aliphatic rings. The second-order valence-corrected chi connectivity index (χ2v) is 3.37. The fourth-order valence-electron chi connectivity index (χ4n) is 0.981. The number of halogens is 1. The number of hydrogen-bond acceptors (Lipinski definition) is 3. The standard InChI is InChI=1S/C8H11BrN2O/c9-7-5-11-3-1-6(7)8(10)2-4-12/h1,3,5,8,12H,2,4,10H2. The zero-order valence-corrected chi connectivity index (χ0v) is 8.16. The molecule has 4 heteroatoms. The van der Waals surface area contributed by atoms with Crippen LogP contribution in [0.2, 0.25) is 0 Å². The van der Waals surface area contributed by atoms with Crippen molar-refractivity contribution in [1.29, 1.82) is 0 Å². The predicted molar refractivity (Wildman–Crippen MR) is 50.6 cm³/mol. The van der Waals surface area contributed by atoms with Gasteiger partial charge < -0.3 is 10.8 Å². The van der Waals surface area contributed by atoms with Crippen LogP contribution in [0, 0.1) is 0 Å². The molecular weight excluding hydrogens is 220 g/mol. The smallest absolute Gasteiger partial charge is 0.0449 e. The maximum Gasteiger partial charge on any atom is 0.0449 e. The fourth-order valence-corrected chi connectivity index (χ4v) is 1.53. The molecule has 12 heavy (non-hydrogen) atoms. The number of hydrogen-bond donors (Lipinski definition) is 2. The van der Waals surface area contributed by atoms with E-state index >= 15 is 0 Å². The summed E-state index contributed by atoms with van der Waals surface area (Å²) in [6, 6.07) is 1.73. The average Bonchev–Trinajstić information content (AvgIpc) is 2.05. The van der Waals surface area contributed by atoms with E-state index in [1.165, 1.54) is 0 Å². The molecular formula is C8H11BrN2O. The Morgan fingerprint density at radius 3 is 3.00 bits per heavy atom. The van der Waals surface area contributed by atoms with Gasteiger partial charge in [0.05, 0.1) is 0 Å². The predicted octanol–water partition coefficient (Wildman–Crippen LogP) is 1.23. The first-order valence-corrected chi connectivity index (χ1v) is 4.51. The first-order valence-electron chi connectivity index (χ1n) is 3.71. The third-order valence-corrected chi connectivity index (χ3v) is 2.31. The Bertz CT molecular complexity index is 255. The van der Waals surface area contributed by atoms with Crippen molar-refractivity contribution in [2.75, 3.05) is 6.61 Å². The third kappa shape index (κ3) is 2.27. The Morgan fingerprint density at radius 2 is 2.42 bits per heavy atom. The van der Waals surface area contributed by atoms with Crippen LogP contribution in [0.15, 0.2) is 22.9 Å². The molecule has 1 aromatic rings. The first kappa shape index (κ1) is 9.64. The summed E-state index contributed by atoms with van der Waals surface area (Å²) in [4.78, 5) is 3.92. The molecule has 0 radical (unpaired) electrons. The van der Waals surface area contributed by atoms with Gasteiger partial charge in [-0.2, -0.15) is 0 Å². The molecule has 0 aromatic carbocycles. The van der Waals surface area contributed by atoms with Crippen molar-refractivity contribution in [1.82, 2.24) is 4.98 Å². The zero-order valence-electron chi connectivity index (χ0n) is 6.57. The van der Waals surface area contributed by atoms with Gasteiger partial charge in [-0.25, -0.2) is 0 Å². The highest BCUT2D eigenvalue weighted by atomic mass is 79.9. The molecule has 0 bridgehead atoms. The molecule has 3 N–H and O–H groups in total. The summed E-state index contributed by atoms with van der Waals surface area (Å²) in [5.41, 5.74) is 6.77. The topological polar surface area (TPSA) is 59.1 Å². The molecule has 1 aromatic heterocycles. The van der Waals surface area contributed by atoms with Crippen LogP contribution in [-0.4, -0.2) is 16.7 Å². The van der Waals surface area contributed by atoms with Gasteiger partial charge in [-0.1, -0.05) is 0 Å². The van der Waals surface area contributed by atoms with E-state index in [1.54, 1.807) is 12.4 Å². The normalized spacial score (nSPS) is 12.9. The summed E-state index contributed by atoms with van der Waals surface area (Å²) in [5, 5.41) is 8.68. The third-order valence-electron chi connectivity index (χ3n) is 1.64. The van der Waals surface area contributed by atoms with E-state index in [1.807, 2.05) is 6.07 Å². The van der Waals surface area contributed by atoms with E-state index in [0.29, 0.717) is 6.42 Å². The van der Waals surface area contributed by atoms with Crippen LogP contribution in [0.25, 0.3) is 0 Å². The van der Waals surface area contributed by atoms with Gasteiger partial charge >= 0.3 is 0 Å². The van der Waals surface area contributed by atoms with Crippen LogP contribution in [0.5, 0.6) is 0 Å². The van der Waals surface area contributed by atoms with Crippen molar-refractivity contribution in [3.05, 3.63) is 28.5 Å². The van der Waals surface area contributed by atoms with E-state index in [0.717, 1.165) is 10.0 Å². The van der Waals surface area contributed by atoms with Gasteiger partial charge in [0, 0.05) is 29.5 Å². The zero-order chi connectivity index (χ0) is 8.97. The van der Waals surface area contributed by atoms with Gasteiger partial charge in [-0.15, -0.1) is 0 Å². The van der Waals surface area contributed by atoms with Gasteiger partial charge in [-0.05, 0) is 34.0 Å². The van der Waals surface area contributed by atoms with Crippen molar-refractivity contribution in [3.63, 3.8) is 0 Å².